The van der Waals surface area contributed by atoms with Crippen LogP contribution in [0.25, 0.3) is 22.2 Å². The monoisotopic (exact) mass is 388 g/mol. The number of fused-ring (bicyclic) bond motifs is 1. The van der Waals surface area contributed by atoms with Crippen LogP contribution in [0.3, 0.4) is 0 Å². The number of rotatable bonds is 3. The first-order chi connectivity index (χ1) is 13.9. The van der Waals surface area contributed by atoms with Crippen molar-refractivity contribution in [2.75, 3.05) is 13.1 Å². The molecule has 2 N–H and O–H groups in total. The summed E-state index contributed by atoms with van der Waals surface area (Å²) in [6.07, 6.45) is 4.19. The zero-order valence-corrected chi connectivity index (χ0v) is 17.6. The van der Waals surface area contributed by atoms with E-state index in [2.05, 4.69) is 48.4 Å². The number of aryl methyl sites for hydroxylation is 1. The van der Waals surface area contributed by atoms with Crippen molar-refractivity contribution in [2.45, 2.75) is 45.4 Å². The summed E-state index contributed by atoms with van der Waals surface area (Å²) in [5.41, 5.74) is 6.41. The minimum absolute atomic E-state index is 0.216. The maximum absolute atomic E-state index is 12.3. The van der Waals surface area contributed by atoms with Gasteiger partial charge in [-0.15, -0.1) is 0 Å². The zero-order chi connectivity index (χ0) is 20.7. The minimum atomic E-state index is -0.246. The number of H-pyrrole nitrogens is 1. The van der Waals surface area contributed by atoms with E-state index in [4.69, 9.17) is 0 Å². The number of nitrogens with one attached hydrogen (secondary N) is 2. The van der Waals surface area contributed by atoms with Gasteiger partial charge in [-0.1, -0.05) is 19.9 Å². The molecule has 1 fully saturated rings. The lowest BCUT2D eigenvalue weighted by Crippen LogP contribution is -2.26. The molecule has 0 amide bonds. The van der Waals surface area contributed by atoms with E-state index >= 15 is 0 Å². The van der Waals surface area contributed by atoms with E-state index in [1.165, 1.54) is 33.9 Å². The number of aromatic nitrogens is 2. The van der Waals surface area contributed by atoms with Crippen molar-refractivity contribution < 1.29 is 0 Å². The van der Waals surface area contributed by atoms with Gasteiger partial charge >= 0.3 is 0 Å². The van der Waals surface area contributed by atoms with Crippen LogP contribution >= 0.6 is 0 Å². The third-order valence-corrected chi connectivity index (χ3v) is 6.27. The summed E-state index contributed by atoms with van der Waals surface area (Å²) in [6, 6.07) is 8.88. The second kappa shape index (κ2) is 7.53. The average Bonchev–Trinajstić information content (AvgIpc) is 3.10. The quantitative estimate of drug-likeness (QED) is 0.702. The van der Waals surface area contributed by atoms with Gasteiger partial charge in [0.15, 0.2) is 0 Å². The van der Waals surface area contributed by atoms with Crippen LogP contribution < -0.4 is 10.9 Å². The Morgan fingerprint density at radius 1 is 1.24 bits per heavy atom. The summed E-state index contributed by atoms with van der Waals surface area (Å²) in [5.74, 6) is 0.910. The van der Waals surface area contributed by atoms with Crippen molar-refractivity contribution in [3.63, 3.8) is 0 Å². The molecule has 0 aliphatic carbocycles. The highest BCUT2D eigenvalue weighted by atomic mass is 16.1. The van der Waals surface area contributed by atoms with Gasteiger partial charge in [-0.3, -0.25) is 4.79 Å². The SMILES string of the molecule is Cc1c(-c2[nH]c3ccc(C4CCNCC4)cc3c2C(C)C)cn(C)c(=O)c1C#N. The Morgan fingerprint density at radius 3 is 2.62 bits per heavy atom. The highest BCUT2D eigenvalue weighted by molar-refractivity contribution is 5.92. The fourth-order valence-electron chi connectivity index (χ4n) is 4.66. The van der Waals surface area contributed by atoms with E-state index in [-0.39, 0.29) is 11.1 Å². The Hall–Kier alpha value is -2.84. The second-order valence-electron chi connectivity index (χ2n) is 8.47. The van der Waals surface area contributed by atoms with E-state index in [9.17, 15) is 10.1 Å². The van der Waals surface area contributed by atoms with Crippen molar-refractivity contribution in [2.24, 2.45) is 7.05 Å². The highest BCUT2D eigenvalue weighted by Gasteiger charge is 2.22. The number of nitriles is 1. The van der Waals surface area contributed by atoms with Crippen LogP contribution in [0.1, 0.15) is 60.8 Å². The standard InChI is InChI=1S/C24H28N4O/c1-14(2)22-18-11-17(16-7-9-26-10-8-16)5-6-21(18)27-23(22)20-13-28(4)24(29)19(12-25)15(20)3/h5-6,11,13-14,16,26-27H,7-10H2,1-4H3. The van der Waals surface area contributed by atoms with Gasteiger partial charge in [0.1, 0.15) is 11.6 Å². The van der Waals surface area contributed by atoms with Gasteiger partial charge in [-0.25, -0.2) is 0 Å². The van der Waals surface area contributed by atoms with Crippen molar-refractivity contribution in [3.8, 4) is 17.3 Å². The van der Waals surface area contributed by atoms with Gasteiger partial charge in [0, 0.05) is 29.7 Å². The van der Waals surface area contributed by atoms with Gasteiger partial charge in [-0.05, 0) is 73.5 Å². The Balaban J connectivity index is 1.94. The topological polar surface area (TPSA) is 73.6 Å². The molecule has 0 radical (unpaired) electrons. The molecule has 0 atom stereocenters. The van der Waals surface area contributed by atoms with Crippen LogP contribution in [0.4, 0.5) is 0 Å². The van der Waals surface area contributed by atoms with Crippen molar-refractivity contribution in [1.82, 2.24) is 14.9 Å². The average molecular weight is 389 g/mol. The Kier molecular flexibility index (Phi) is 5.06. The Labute approximate surface area is 171 Å². The number of nitrogens with zero attached hydrogens (tertiary/aromatic N) is 2. The number of benzene rings is 1. The molecule has 4 rings (SSSR count). The first-order valence-corrected chi connectivity index (χ1v) is 10.4. The summed E-state index contributed by atoms with van der Waals surface area (Å²) in [5, 5.41) is 14.2. The third kappa shape index (κ3) is 3.28. The first kappa shape index (κ1) is 19.5. The Bertz CT molecular complexity index is 1170. The van der Waals surface area contributed by atoms with Crippen LogP contribution in [0, 0.1) is 18.3 Å². The fraction of sp³-hybridized carbons (Fsp3) is 0.417. The molecule has 2 aromatic heterocycles. The van der Waals surface area contributed by atoms with Crippen LogP contribution in [-0.2, 0) is 7.05 Å². The molecular formula is C24H28N4O. The smallest absolute Gasteiger partial charge is 0.268 e. The molecule has 1 saturated heterocycles. The van der Waals surface area contributed by atoms with Gasteiger partial charge in [0.25, 0.3) is 5.56 Å². The van der Waals surface area contributed by atoms with Crippen LogP contribution in [0.15, 0.2) is 29.2 Å². The van der Waals surface area contributed by atoms with Crippen LogP contribution in [0.2, 0.25) is 0 Å². The maximum Gasteiger partial charge on any atom is 0.268 e. The summed E-state index contributed by atoms with van der Waals surface area (Å²) < 4.78 is 1.51. The summed E-state index contributed by atoms with van der Waals surface area (Å²) in [7, 11) is 1.71. The van der Waals surface area contributed by atoms with Gasteiger partial charge in [0.05, 0.1) is 5.69 Å². The van der Waals surface area contributed by atoms with Gasteiger partial charge < -0.3 is 14.9 Å². The summed E-state index contributed by atoms with van der Waals surface area (Å²) >= 11 is 0. The predicted molar refractivity (Wildman–Crippen MR) is 117 cm³/mol. The lowest BCUT2D eigenvalue weighted by atomic mass is 9.88. The number of aromatic amines is 1. The van der Waals surface area contributed by atoms with Crippen LogP contribution in [0.5, 0.6) is 0 Å². The van der Waals surface area contributed by atoms with E-state index < -0.39 is 0 Å². The Morgan fingerprint density at radius 2 is 1.97 bits per heavy atom. The molecule has 3 aromatic rings. The fourth-order valence-corrected chi connectivity index (χ4v) is 4.66. The molecule has 0 spiro atoms. The van der Waals surface area contributed by atoms with Crippen LogP contribution in [-0.4, -0.2) is 22.6 Å². The number of piperidine rings is 1. The van der Waals surface area contributed by atoms with Crippen molar-refractivity contribution in [3.05, 3.63) is 57.0 Å². The lowest BCUT2D eigenvalue weighted by molar-refractivity contribution is 0.460. The highest BCUT2D eigenvalue weighted by Crippen LogP contribution is 2.38. The molecule has 1 aromatic carbocycles. The summed E-state index contributed by atoms with van der Waals surface area (Å²) in [6.45, 7) is 8.42. The molecule has 3 heterocycles. The zero-order valence-electron chi connectivity index (χ0n) is 17.6. The lowest BCUT2D eigenvalue weighted by Gasteiger charge is -2.23. The third-order valence-electron chi connectivity index (χ3n) is 6.27. The van der Waals surface area contributed by atoms with E-state index in [0.29, 0.717) is 11.8 Å². The van der Waals surface area contributed by atoms with E-state index in [1.807, 2.05) is 13.1 Å². The maximum atomic E-state index is 12.3. The molecule has 0 saturated carbocycles. The van der Waals surface area contributed by atoms with Gasteiger partial charge in [-0.2, -0.15) is 5.26 Å². The van der Waals surface area contributed by atoms with Gasteiger partial charge in [0.2, 0.25) is 0 Å². The molecule has 1 aliphatic rings. The largest absolute Gasteiger partial charge is 0.354 e. The molecule has 0 bridgehead atoms. The normalized spacial score (nSPS) is 15.2. The minimum Gasteiger partial charge on any atom is -0.354 e. The van der Waals surface area contributed by atoms with Crippen molar-refractivity contribution in [1.29, 1.82) is 5.26 Å². The second-order valence-corrected chi connectivity index (χ2v) is 8.47. The van der Waals surface area contributed by atoms with E-state index in [0.717, 1.165) is 35.4 Å². The predicted octanol–water partition coefficient (Wildman–Crippen LogP) is 4.30. The summed E-state index contributed by atoms with van der Waals surface area (Å²) in [4.78, 5) is 15.9. The molecule has 150 valence electrons. The molecule has 29 heavy (non-hydrogen) atoms. The first-order valence-electron chi connectivity index (χ1n) is 10.4. The molecule has 1 aliphatic heterocycles. The number of hydrogen-bond acceptors (Lipinski definition) is 3. The molecule has 5 heteroatoms. The number of hydrogen-bond donors (Lipinski definition) is 2. The van der Waals surface area contributed by atoms with Crippen molar-refractivity contribution >= 4 is 10.9 Å². The molecule has 0 unspecified atom stereocenters. The van der Waals surface area contributed by atoms with E-state index in [1.54, 1.807) is 7.05 Å². The molecule has 5 nitrogen and oxygen atoms in total. The molecular weight excluding hydrogens is 360 g/mol. The number of pyridine rings is 1.